The Balaban J connectivity index is 2.11. The van der Waals surface area contributed by atoms with Crippen molar-refractivity contribution in [2.45, 2.75) is 39.3 Å². The molecule has 0 spiro atoms. The van der Waals surface area contributed by atoms with Gasteiger partial charge in [-0.05, 0) is 0 Å². The molecule has 0 aromatic heterocycles. The number of amides is 1. The molecule has 1 aliphatic rings. The summed E-state index contributed by atoms with van der Waals surface area (Å²) in [6, 6.07) is 4.30. The van der Waals surface area contributed by atoms with Gasteiger partial charge in [0, 0.05) is 0 Å². The van der Waals surface area contributed by atoms with Crippen molar-refractivity contribution in [2.24, 2.45) is 5.41 Å². The minimum atomic E-state index is -4.27. The summed E-state index contributed by atoms with van der Waals surface area (Å²) in [4.78, 5) is 44.1. The number of carboxylic acid groups (broad SMARTS) is 1. The number of carboxylic acids is 1. The molecule has 1 aliphatic heterocycles. The number of carbonyl (C=O) groups is 2. The van der Waals surface area contributed by atoms with Crippen molar-refractivity contribution in [3.63, 3.8) is 0 Å². The van der Waals surface area contributed by atoms with Gasteiger partial charge in [0.1, 0.15) is 0 Å². The van der Waals surface area contributed by atoms with E-state index in [1.165, 1.54) is 31.2 Å². The van der Waals surface area contributed by atoms with Gasteiger partial charge in [0.15, 0.2) is 0 Å². The average Bonchev–Trinajstić information content (AvgIpc) is 2.57. The molecular formula is C16H23N2O9P. The third kappa shape index (κ3) is 5.59. The van der Waals surface area contributed by atoms with Gasteiger partial charge in [0.25, 0.3) is 0 Å². The summed E-state index contributed by atoms with van der Waals surface area (Å²) < 4.78 is 16.2. The van der Waals surface area contributed by atoms with Crippen LogP contribution in [0.25, 0.3) is 0 Å². The zero-order chi connectivity index (χ0) is 21.1. The second-order valence-corrected chi connectivity index (χ2v) is 8.94. The van der Waals surface area contributed by atoms with E-state index in [2.05, 4.69) is 5.32 Å². The Morgan fingerprint density at radius 2 is 2.04 bits per heavy atom. The molecule has 3 N–H and O–H groups in total. The molecule has 1 saturated heterocycles. The SMILES string of the molecule is CC(CC(=O)O)NC(=O)C1O[PH](O)(Oc2ccc([N+](=O)[O-])cc2)OCC1(C)C. The predicted octanol–water partition coefficient (Wildman–Crippen LogP) is 1.80. The molecule has 1 amide bonds. The first-order valence-corrected chi connectivity index (χ1v) is 10.1. The molecule has 1 aromatic carbocycles. The van der Waals surface area contributed by atoms with Gasteiger partial charge in [0.05, 0.1) is 0 Å². The Hall–Kier alpha value is -2.33. The van der Waals surface area contributed by atoms with Crippen molar-refractivity contribution in [1.82, 2.24) is 5.32 Å². The van der Waals surface area contributed by atoms with Crippen LogP contribution in [0.5, 0.6) is 5.75 Å². The number of hydrogen-bond donors (Lipinski definition) is 3. The number of non-ortho nitro benzene ring substituents is 1. The van der Waals surface area contributed by atoms with Gasteiger partial charge in [-0.3, -0.25) is 0 Å². The fraction of sp³-hybridized carbons (Fsp3) is 0.500. The second kappa shape index (κ2) is 8.36. The molecule has 2 rings (SSSR count). The number of rotatable bonds is 7. The van der Waals surface area contributed by atoms with Crippen LogP contribution in [0.1, 0.15) is 27.2 Å². The zero-order valence-corrected chi connectivity index (χ0v) is 16.6. The van der Waals surface area contributed by atoms with Crippen LogP contribution < -0.4 is 9.84 Å². The van der Waals surface area contributed by atoms with E-state index in [4.69, 9.17) is 18.7 Å². The van der Waals surface area contributed by atoms with Crippen LogP contribution in [0.2, 0.25) is 0 Å². The Labute approximate surface area is 161 Å². The number of nitrogens with one attached hydrogen (secondary N) is 1. The molecule has 0 bridgehead atoms. The van der Waals surface area contributed by atoms with Gasteiger partial charge in [0.2, 0.25) is 0 Å². The first-order chi connectivity index (χ1) is 12.9. The molecule has 156 valence electrons. The van der Waals surface area contributed by atoms with Crippen molar-refractivity contribution in [2.75, 3.05) is 6.61 Å². The Morgan fingerprint density at radius 1 is 1.43 bits per heavy atom. The fourth-order valence-corrected chi connectivity index (χ4v) is 4.46. The molecule has 1 aromatic rings. The summed E-state index contributed by atoms with van der Waals surface area (Å²) in [6.07, 6.45) is -1.41. The summed E-state index contributed by atoms with van der Waals surface area (Å²) in [6.45, 7) is 4.88. The van der Waals surface area contributed by atoms with Crippen LogP contribution in [-0.2, 0) is 18.6 Å². The molecule has 0 radical (unpaired) electrons. The summed E-state index contributed by atoms with van der Waals surface area (Å²) in [5, 5.41) is 22.1. The molecule has 28 heavy (non-hydrogen) atoms. The normalized spacial score (nSPS) is 22.5. The zero-order valence-electron chi connectivity index (χ0n) is 15.6. The van der Waals surface area contributed by atoms with Crippen LogP contribution in [0, 0.1) is 15.5 Å². The molecular weight excluding hydrogens is 395 g/mol. The summed E-state index contributed by atoms with van der Waals surface area (Å²) >= 11 is 0. The molecule has 1 fully saturated rings. The molecule has 2 atom stereocenters. The molecule has 0 saturated carbocycles. The standard InChI is InChI=1S/C16H23N2O9P/c1-10(8-13(19)20)17-15(21)14-16(2,3)9-25-28(24,27-14)26-12-6-4-11(5-7-12)18(22)23/h4-7,10,14,24,28H,8-9H2,1-3H3,(H,17,21)(H,19,20). The van der Waals surface area contributed by atoms with Crippen LogP contribution in [0.4, 0.5) is 5.69 Å². The van der Waals surface area contributed by atoms with Crippen molar-refractivity contribution in [3.05, 3.63) is 34.4 Å². The number of nitrogens with zero attached hydrogens (tertiary/aromatic N) is 1. The van der Waals surface area contributed by atoms with Crippen LogP contribution >= 0.6 is 8.17 Å². The monoisotopic (exact) mass is 418 g/mol. The number of benzene rings is 1. The molecule has 1 heterocycles. The third-order valence-electron chi connectivity index (χ3n) is 4.01. The maximum absolute atomic E-state index is 12.6. The van der Waals surface area contributed by atoms with Gasteiger partial charge in [-0.1, -0.05) is 0 Å². The molecule has 0 aliphatic carbocycles. The van der Waals surface area contributed by atoms with E-state index in [-0.39, 0.29) is 24.5 Å². The second-order valence-electron chi connectivity index (χ2n) is 7.16. The van der Waals surface area contributed by atoms with Crippen molar-refractivity contribution < 1.29 is 38.1 Å². The van der Waals surface area contributed by atoms with Crippen molar-refractivity contribution in [3.8, 4) is 5.75 Å². The predicted molar refractivity (Wildman–Crippen MR) is 98.7 cm³/mol. The number of carbonyl (C=O) groups excluding carboxylic acids is 1. The van der Waals surface area contributed by atoms with E-state index >= 15 is 0 Å². The first-order valence-electron chi connectivity index (χ1n) is 8.42. The number of aliphatic carboxylic acids is 1. The van der Waals surface area contributed by atoms with E-state index in [1.807, 2.05) is 0 Å². The molecule has 11 nitrogen and oxygen atoms in total. The van der Waals surface area contributed by atoms with Crippen molar-refractivity contribution >= 4 is 25.7 Å². The summed E-state index contributed by atoms with van der Waals surface area (Å²) in [7, 11) is -4.27. The third-order valence-corrected chi connectivity index (χ3v) is 5.54. The summed E-state index contributed by atoms with van der Waals surface area (Å²) in [5.74, 6) is -1.58. The number of nitro benzene ring substituents is 1. The average molecular weight is 418 g/mol. The molecule has 2 unspecified atom stereocenters. The maximum atomic E-state index is 12.6. The van der Waals surface area contributed by atoms with Crippen molar-refractivity contribution in [1.29, 1.82) is 0 Å². The molecule has 12 heteroatoms. The van der Waals surface area contributed by atoms with Crippen LogP contribution in [-0.4, -0.2) is 45.6 Å². The van der Waals surface area contributed by atoms with Gasteiger partial charge < -0.3 is 0 Å². The van der Waals surface area contributed by atoms with Gasteiger partial charge >= 0.3 is 161 Å². The van der Waals surface area contributed by atoms with Crippen LogP contribution in [0.15, 0.2) is 24.3 Å². The topological polar surface area (TPSA) is 157 Å². The quantitative estimate of drug-likeness (QED) is 0.341. The van der Waals surface area contributed by atoms with E-state index in [1.54, 1.807) is 13.8 Å². The Kier molecular flexibility index (Phi) is 6.56. The number of hydrogen-bond acceptors (Lipinski definition) is 8. The summed E-state index contributed by atoms with van der Waals surface area (Å²) in [5.41, 5.74) is -0.970. The minimum absolute atomic E-state index is 0.0475. The number of nitro groups is 1. The van der Waals surface area contributed by atoms with Gasteiger partial charge in [-0.15, -0.1) is 0 Å². The Bertz CT molecular complexity index is 755. The first kappa shape index (κ1) is 22.0. The Morgan fingerprint density at radius 3 is 2.57 bits per heavy atom. The van der Waals surface area contributed by atoms with E-state index < -0.39 is 42.5 Å². The fourth-order valence-electron chi connectivity index (χ4n) is 2.57. The van der Waals surface area contributed by atoms with E-state index in [0.29, 0.717) is 0 Å². The van der Waals surface area contributed by atoms with Gasteiger partial charge in [-0.2, -0.15) is 0 Å². The van der Waals surface area contributed by atoms with E-state index in [0.717, 1.165) is 0 Å². The van der Waals surface area contributed by atoms with Gasteiger partial charge in [-0.25, -0.2) is 0 Å². The van der Waals surface area contributed by atoms with E-state index in [9.17, 15) is 24.6 Å². The van der Waals surface area contributed by atoms with Crippen LogP contribution in [0.3, 0.4) is 0 Å².